The molecule has 140 valence electrons. The lowest BCUT2D eigenvalue weighted by Gasteiger charge is -2.38. The van der Waals surface area contributed by atoms with Crippen LogP contribution in [0.25, 0.3) is 10.9 Å². The smallest absolute Gasteiger partial charge is 0.182 e. The van der Waals surface area contributed by atoms with Gasteiger partial charge in [-0.1, -0.05) is 29.8 Å². The van der Waals surface area contributed by atoms with Crippen LogP contribution in [0.5, 0.6) is 5.75 Å². The van der Waals surface area contributed by atoms with Gasteiger partial charge in [-0.15, -0.1) is 0 Å². The number of halogens is 1. The Morgan fingerprint density at radius 3 is 2.89 bits per heavy atom. The van der Waals surface area contributed by atoms with Crippen molar-refractivity contribution in [3.8, 4) is 5.75 Å². The van der Waals surface area contributed by atoms with Gasteiger partial charge in [0.05, 0.1) is 13.7 Å². The van der Waals surface area contributed by atoms with Crippen LogP contribution in [0.2, 0.25) is 5.02 Å². The van der Waals surface area contributed by atoms with E-state index in [1.165, 1.54) is 10.9 Å². The zero-order chi connectivity index (χ0) is 19.0. The molecule has 1 aromatic heterocycles. The van der Waals surface area contributed by atoms with E-state index < -0.39 is 0 Å². The van der Waals surface area contributed by atoms with Gasteiger partial charge in [-0.2, -0.15) is 0 Å². The normalized spacial score (nSPS) is 16.3. The summed E-state index contributed by atoms with van der Waals surface area (Å²) in [5, 5.41) is 1.93. The molecule has 1 unspecified atom stereocenters. The number of rotatable bonds is 5. The summed E-state index contributed by atoms with van der Waals surface area (Å²) in [6.07, 6.45) is 0.896. The van der Waals surface area contributed by atoms with Crippen molar-refractivity contribution in [2.45, 2.75) is 19.4 Å². The van der Waals surface area contributed by atoms with E-state index in [1.54, 1.807) is 7.11 Å². The number of aromatic nitrogens is 1. The Balaban J connectivity index is 1.92. The standard InChI is InChI=1S/C22H23ClN2O2/c1-4-27-14(2)25-12-11-16-18-13-15(23)9-10-19(18)24-21(16)22(25)17-7-5-6-8-20(17)26-3/h5-10,13,22,24H,2,4,11-12H2,1,3H3. The fourth-order valence-electron chi connectivity index (χ4n) is 3.99. The van der Waals surface area contributed by atoms with Gasteiger partial charge in [0.1, 0.15) is 11.8 Å². The average Bonchev–Trinajstić information content (AvgIpc) is 3.05. The number of hydrogen-bond acceptors (Lipinski definition) is 3. The molecule has 0 radical (unpaired) electrons. The number of fused-ring (bicyclic) bond motifs is 3. The monoisotopic (exact) mass is 382 g/mol. The summed E-state index contributed by atoms with van der Waals surface area (Å²) in [7, 11) is 1.70. The minimum Gasteiger partial charge on any atom is -0.496 e. The van der Waals surface area contributed by atoms with E-state index in [0.29, 0.717) is 12.5 Å². The second kappa shape index (κ2) is 7.20. The van der Waals surface area contributed by atoms with Crippen molar-refractivity contribution in [3.63, 3.8) is 0 Å². The molecule has 5 heteroatoms. The highest BCUT2D eigenvalue weighted by Crippen LogP contribution is 2.43. The summed E-state index contributed by atoms with van der Waals surface area (Å²) >= 11 is 6.26. The molecule has 1 atom stereocenters. The largest absolute Gasteiger partial charge is 0.496 e. The fraction of sp³-hybridized carbons (Fsp3) is 0.273. The summed E-state index contributed by atoms with van der Waals surface area (Å²) in [5.41, 5.74) is 4.61. The highest BCUT2D eigenvalue weighted by atomic mass is 35.5. The van der Waals surface area contributed by atoms with Crippen LogP contribution in [0.1, 0.15) is 29.8 Å². The predicted octanol–water partition coefficient (Wildman–Crippen LogP) is 5.29. The van der Waals surface area contributed by atoms with Crippen LogP contribution in [-0.2, 0) is 11.2 Å². The number of hydrogen-bond donors (Lipinski definition) is 1. The maximum Gasteiger partial charge on any atom is 0.182 e. The van der Waals surface area contributed by atoms with Gasteiger partial charge in [0.15, 0.2) is 5.88 Å². The Bertz CT molecular complexity index is 995. The molecule has 4 nitrogen and oxygen atoms in total. The van der Waals surface area contributed by atoms with E-state index in [-0.39, 0.29) is 6.04 Å². The topological polar surface area (TPSA) is 37.5 Å². The van der Waals surface area contributed by atoms with Crippen molar-refractivity contribution in [2.24, 2.45) is 0 Å². The highest BCUT2D eigenvalue weighted by molar-refractivity contribution is 6.31. The highest BCUT2D eigenvalue weighted by Gasteiger charge is 2.34. The summed E-state index contributed by atoms with van der Waals surface area (Å²) in [6.45, 7) is 7.54. The maximum absolute atomic E-state index is 6.26. The van der Waals surface area contributed by atoms with Crippen molar-refractivity contribution in [3.05, 3.63) is 76.8 Å². The number of nitrogens with one attached hydrogen (secondary N) is 1. The van der Waals surface area contributed by atoms with E-state index >= 15 is 0 Å². The van der Waals surface area contributed by atoms with Crippen LogP contribution in [0.4, 0.5) is 0 Å². The molecule has 0 saturated carbocycles. The Morgan fingerprint density at radius 2 is 2.11 bits per heavy atom. The van der Waals surface area contributed by atoms with E-state index in [9.17, 15) is 0 Å². The summed E-state index contributed by atoms with van der Waals surface area (Å²) in [4.78, 5) is 5.83. The molecule has 3 aromatic rings. The second-order valence-corrected chi connectivity index (χ2v) is 7.06. The Labute approximate surface area is 164 Å². The van der Waals surface area contributed by atoms with Crippen LogP contribution in [-0.4, -0.2) is 30.1 Å². The molecule has 0 aliphatic carbocycles. The molecular formula is C22H23ClN2O2. The quantitative estimate of drug-likeness (QED) is 0.609. The molecule has 2 heterocycles. The van der Waals surface area contributed by atoms with Crippen molar-refractivity contribution < 1.29 is 9.47 Å². The van der Waals surface area contributed by atoms with E-state index in [0.717, 1.165) is 40.5 Å². The number of H-pyrrole nitrogens is 1. The van der Waals surface area contributed by atoms with Crippen LogP contribution >= 0.6 is 11.6 Å². The van der Waals surface area contributed by atoms with Gasteiger partial charge in [-0.3, -0.25) is 0 Å². The van der Waals surface area contributed by atoms with Crippen LogP contribution in [0.15, 0.2) is 54.9 Å². The van der Waals surface area contributed by atoms with Gasteiger partial charge in [0.25, 0.3) is 0 Å². The lowest BCUT2D eigenvalue weighted by molar-refractivity contribution is 0.0972. The first-order chi connectivity index (χ1) is 13.1. The minimum absolute atomic E-state index is 0.0601. The first-order valence-electron chi connectivity index (χ1n) is 9.15. The number of benzene rings is 2. The maximum atomic E-state index is 6.26. The first-order valence-corrected chi connectivity index (χ1v) is 9.53. The Kier molecular flexibility index (Phi) is 4.75. The Morgan fingerprint density at radius 1 is 1.30 bits per heavy atom. The van der Waals surface area contributed by atoms with Gasteiger partial charge >= 0.3 is 0 Å². The first kappa shape index (κ1) is 17.8. The minimum atomic E-state index is -0.0601. The third kappa shape index (κ3) is 3.04. The lowest BCUT2D eigenvalue weighted by Crippen LogP contribution is -2.36. The van der Waals surface area contributed by atoms with Crippen molar-refractivity contribution in [1.29, 1.82) is 0 Å². The number of para-hydroxylation sites is 1. The zero-order valence-corrected chi connectivity index (χ0v) is 16.3. The van der Waals surface area contributed by atoms with Crippen molar-refractivity contribution >= 4 is 22.5 Å². The van der Waals surface area contributed by atoms with Crippen molar-refractivity contribution in [1.82, 2.24) is 9.88 Å². The molecule has 1 aliphatic heterocycles. The third-order valence-electron chi connectivity index (χ3n) is 5.15. The van der Waals surface area contributed by atoms with Gasteiger partial charge in [-0.05, 0) is 49.8 Å². The third-order valence-corrected chi connectivity index (χ3v) is 5.39. The number of aromatic amines is 1. The molecule has 2 aromatic carbocycles. The van der Waals surface area contributed by atoms with E-state index in [4.69, 9.17) is 21.1 Å². The number of nitrogens with zero attached hydrogens (tertiary/aromatic N) is 1. The molecular weight excluding hydrogens is 360 g/mol. The molecule has 0 spiro atoms. The molecule has 1 N–H and O–H groups in total. The SMILES string of the molecule is C=C(OCC)N1CCc2c([nH]c3ccc(Cl)cc23)C1c1ccccc1OC. The summed E-state index contributed by atoms with van der Waals surface area (Å²) < 4.78 is 11.4. The molecule has 0 saturated heterocycles. The predicted molar refractivity (Wildman–Crippen MR) is 109 cm³/mol. The van der Waals surface area contributed by atoms with Gasteiger partial charge in [0.2, 0.25) is 0 Å². The lowest BCUT2D eigenvalue weighted by atomic mass is 9.92. The van der Waals surface area contributed by atoms with Gasteiger partial charge in [-0.25, -0.2) is 0 Å². The molecule has 27 heavy (non-hydrogen) atoms. The van der Waals surface area contributed by atoms with E-state index in [1.807, 2.05) is 43.3 Å². The molecule has 1 aliphatic rings. The molecule has 0 bridgehead atoms. The van der Waals surface area contributed by atoms with Gasteiger partial charge < -0.3 is 19.4 Å². The van der Waals surface area contributed by atoms with Crippen LogP contribution in [0, 0.1) is 0 Å². The number of ether oxygens (including phenoxy) is 2. The zero-order valence-electron chi connectivity index (χ0n) is 15.6. The molecule has 0 amide bonds. The van der Waals surface area contributed by atoms with Gasteiger partial charge in [0, 0.05) is 33.7 Å². The Hall–Kier alpha value is -2.59. The number of methoxy groups -OCH3 is 1. The average molecular weight is 383 g/mol. The summed E-state index contributed by atoms with van der Waals surface area (Å²) in [6, 6.07) is 14.0. The van der Waals surface area contributed by atoms with Crippen molar-refractivity contribution in [2.75, 3.05) is 20.3 Å². The fourth-order valence-corrected chi connectivity index (χ4v) is 4.17. The molecule has 4 rings (SSSR count). The summed E-state index contributed by atoms with van der Waals surface area (Å²) in [5.74, 6) is 1.53. The van der Waals surface area contributed by atoms with Crippen LogP contribution in [0.3, 0.4) is 0 Å². The second-order valence-electron chi connectivity index (χ2n) is 6.62. The van der Waals surface area contributed by atoms with E-state index in [2.05, 4.69) is 22.5 Å². The molecule has 0 fully saturated rings. The van der Waals surface area contributed by atoms with Crippen LogP contribution < -0.4 is 4.74 Å².